The normalized spacial score (nSPS) is 14.2. The Hall–Kier alpha value is -2.64. The second-order valence-corrected chi connectivity index (χ2v) is 6.97. The van der Waals surface area contributed by atoms with Gasteiger partial charge in [-0.15, -0.1) is 0 Å². The first kappa shape index (κ1) is 20.1. The molecule has 1 aliphatic rings. The number of carbonyl (C=O) groups is 2. The molecule has 148 valence electrons. The number of nitrogens with one attached hydrogen (secondary N) is 2. The molecule has 1 fully saturated rings. The fraction of sp³-hybridized carbons (Fsp3) is 0.350. The standard InChI is InChI=1S/C20H22ClN3O4/c21-18(14-4-5-14)28-17-6-7-22-12-16(17)20(27)24-11-13-2-1-3-15(10-13)19(26)23-8-9-25/h1-3,6-7,10,12,14,18,25H,4-5,8-9,11H2,(H,23,26)(H,24,27)/t18-/m1/s1. The van der Waals surface area contributed by atoms with Crippen molar-refractivity contribution < 1.29 is 19.4 Å². The zero-order chi connectivity index (χ0) is 19.9. The Morgan fingerprint density at radius 1 is 1.25 bits per heavy atom. The molecule has 0 saturated heterocycles. The number of hydrogen-bond donors (Lipinski definition) is 3. The topological polar surface area (TPSA) is 101 Å². The van der Waals surface area contributed by atoms with Gasteiger partial charge in [0.15, 0.2) is 5.56 Å². The molecule has 0 radical (unpaired) electrons. The minimum atomic E-state index is -0.455. The van der Waals surface area contributed by atoms with Crippen molar-refractivity contribution in [2.75, 3.05) is 13.2 Å². The number of alkyl halides is 1. The second kappa shape index (κ2) is 9.52. The van der Waals surface area contributed by atoms with Crippen LogP contribution in [0.25, 0.3) is 0 Å². The summed E-state index contributed by atoms with van der Waals surface area (Å²) in [6, 6.07) is 8.53. The van der Waals surface area contributed by atoms with Gasteiger partial charge in [-0.05, 0) is 36.6 Å². The molecule has 0 bridgehead atoms. The summed E-state index contributed by atoms with van der Waals surface area (Å²) in [5.74, 6) is 0.110. The quantitative estimate of drug-likeness (QED) is 0.556. The van der Waals surface area contributed by atoms with Crippen molar-refractivity contribution in [2.24, 2.45) is 5.92 Å². The second-order valence-electron chi connectivity index (χ2n) is 6.54. The first-order valence-electron chi connectivity index (χ1n) is 9.09. The highest BCUT2D eigenvalue weighted by atomic mass is 35.5. The van der Waals surface area contributed by atoms with E-state index in [1.54, 1.807) is 30.5 Å². The van der Waals surface area contributed by atoms with Crippen LogP contribution in [0.3, 0.4) is 0 Å². The molecule has 2 aromatic rings. The number of ether oxygens (including phenoxy) is 1. The molecule has 1 saturated carbocycles. The number of pyridine rings is 1. The average molecular weight is 404 g/mol. The summed E-state index contributed by atoms with van der Waals surface area (Å²) in [6.07, 6.45) is 5.06. The molecule has 7 nitrogen and oxygen atoms in total. The van der Waals surface area contributed by atoms with Crippen LogP contribution in [0.5, 0.6) is 5.75 Å². The van der Waals surface area contributed by atoms with Crippen LogP contribution in [0.15, 0.2) is 42.7 Å². The summed E-state index contributed by atoms with van der Waals surface area (Å²) in [7, 11) is 0. The van der Waals surface area contributed by atoms with E-state index in [1.165, 1.54) is 6.20 Å². The Morgan fingerprint density at radius 3 is 2.82 bits per heavy atom. The predicted molar refractivity (Wildman–Crippen MR) is 104 cm³/mol. The number of amides is 2. The van der Waals surface area contributed by atoms with Crippen LogP contribution in [0.2, 0.25) is 0 Å². The minimum Gasteiger partial charge on any atom is -0.473 e. The van der Waals surface area contributed by atoms with E-state index in [-0.39, 0.29) is 31.5 Å². The minimum absolute atomic E-state index is 0.124. The largest absolute Gasteiger partial charge is 0.473 e. The molecule has 8 heteroatoms. The van der Waals surface area contributed by atoms with Crippen molar-refractivity contribution in [3.63, 3.8) is 0 Å². The Bertz CT molecular complexity index is 842. The Balaban J connectivity index is 1.62. The third kappa shape index (κ3) is 5.43. The molecule has 1 aromatic heterocycles. The lowest BCUT2D eigenvalue weighted by atomic mass is 10.1. The van der Waals surface area contributed by atoms with E-state index in [0.717, 1.165) is 18.4 Å². The molecular formula is C20H22ClN3O4. The van der Waals surface area contributed by atoms with E-state index in [9.17, 15) is 9.59 Å². The number of aliphatic hydroxyl groups is 1. The molecule has 0 spiro atoms. The van der Waals surface area contributed by atoms with Crippen LogP contribution in [-0.2, 0) is 6.54 Å². The van der Waals surface area contributed by atoms with E-state index in [0.29, 0.717) is 22.8 Å². The molecule has 1 heterocycles. The molecule has 28 heavy (non-hydrogen) atoms. The summed E-state index contributed by atoms with van der Waals surface area (Å²) in [4.78, 5) is 28.6. The number of aliphatic hydroxyl groups excluding tert-OH is 1. The van der Waals surface area contributed by atoms with Gasteiger partial charge in [0.05, 0.1) is 12.2 Å². The maximum atomic E-state index is 12.6. The highest BCUT2D eigenvalue weighted by Gasteiger charge is 2.32. The number of nitrogens with zero attached hydrogens (tertiary/aromatic N) is 1. The molecule has 3 N–H and O–H groups in total. The molecule has 1 aliphatic carbocycles. The van der Waals surface area contributed by atoms with E-state index in [2.05, 4.69) is 15.6 Å². The van der Waals surface area contributed by atoms with Crippen LogP contribution in [0.4, 0.5) is 0 Å². The maximum absolute atomic E-state index is 12.6. The number of rotatable bonds is 9. The molecule has 0 aliphatic heterocycles. The highest BCUT2D eigenvalue weighted by Crippen LogP contribution is 2.37. The van der Waals surface area contributed by atoms with Gasteiger partial charge in [0.2, 0.25) is 0 Å². The van der Waals surface area contributed by atoms with Gasteiger partial charge < -0.3 is 20.5 Å². The fourth-order valence-electron chi connectivity index (χ4n) is 2.60. The zero-order valence-electron chi connectivity index (χ0n) is 15.2. The third-order valence-electron chi connectivity index (χ3n) is 4.30. The summed E-state index contributed by atoms with van der Waals surface area (Å²) in [5.41, 5.74) is 1.08. The monoisotopic (exact) mass is 403 g/mol. The van der Waals surface area contributed by atoms with Crippen molar-refractivity contribution >= 4 is 23.4 Å². The lowest BCUT2D eigenvalue weighted by molar-refractivity contribution is 0.0939. The van der Waals surface area contributed by atoms with Gasteiger partial charge in [-0.25, -0.2) is 0 Å². The van der Waals surface area contributed by atoms with Gasteiger partial charge in [0, 0.05) is 37.0 Å². The van der Waals surface area contributed by atoms with E-state index < -0.39 is 5.56 Å². The van der Waals surface area contributed by atoms with Crippen LogP contribution >= 0.6 is 11.6 Å². The first-order chi connectivity index (χ1) is 13.6. The smallest absolute Gasteiger partial charge is 0.256 e. The zero-order valence-corrected chi connectivity index (χ0v) is 16.0. The lowest BCUT2D eigenvalue weighted by Crippen LogP contribution is -2.27. The van der Waals surface area contributed by atoms with Gasteiger partial charge in [-0.2, -0.15) is 0 Å². The summed E-state index contributed by atoms with van der Waals surface area (Å²) >= 11 is 6.22. The number of carbonyl (C=O) groups excluding carboxylic acids is 2. The van der Waals surface area contributed by atoms with Crippen molar-refractivity contribution in [3.8, 4) is 5.75 Å². The fourth-order valence-corrected chi connectivity index (χ4v) is 2.95. The van der Waals surface area contributed by atoms with Crippen molar-refractivity contribution in [1.29, 1.82) is 0 Å². The number of benzene rings is 1. The summed E-state index contributed by atoms with van der Waals surface area (Å²) in [5, 5.41) is 14.2. The van der Waals surface area contributed by atoms with Gasteiger partial charge >= 0.3 is 0 Å². The summed E-state index contributed by atoms with van der Waals surface area (Å²) in [6.45, 7) is 0.300. The molecular weight excluding hydrogens is 382 g/mol. The number of hydrogen-bond acceptors (Lipinski definition) is 5. The Kier molecular flexibility index (Phi) is 6.84. The van der Waals surface area contributed by atoms with Crippen LogP contribution in [-0.4, -0.2) is 40.6 Å². The Labute approximate surface area is 168 Å². The van der Waals surface area contributed by atoms with E-state index >= 15 is 0 Å². The molecule has 1 atom stereocenters. The SMILES string of the molecule is O=C(NCCO)c1cccc(CNC(=O)c2cnccc2O[C@@H](Cl)C2CC2)c1. The van der Waals surface area contributed by atoms with Gasteiger partial charge in [0.1, 0.15) is 5.75 Å². The lowest BCUT2D eigenvalue weighted by Gasteiger charge is -2.15. The Morgan fingerprint density at radius 2 is 2.07 bits per heavy atom. The predicted octanol–water partition coefficient (Wildman–Crippen LogP) is 2.09. The van der Waals surface area contributed by atoms with E-state index in [1.807, 2.05) is 6.07 Å². The maximum Gasteiger partial charge on any atom is 0.256 e. The van der Waals surface area contributed by atoms with Gasteiger partial charge in [-0.1, -0.05) is 23.7 Å². The van der Waals surface area contributed by atoms with Crippen molar-refractivity contribution in [1.82, 2.24) is 15.6 Å². The number of halogens is 1. The molecule has 3 rings (SSSR count). The van der Waals surface area contributed by atoms with E-state index in [4.69, 9.17) is 21.4 Å². The van der Waals surface area contributed by atoms with Crippen LogP contribution < -0.4 is 15.4 Å². The molecule has 2 amide bonds. The number of aromatic nitrogens is 1. The average Bonchev–Trinajstić information content (AvgIpc) is 3.56. The van der Waals surface area contributed by atoms with Crippen molar-refractivity contribution in [2.45, 2.75) is 24.9 Å². The third-order valence-corrected chi connectivity index (χ3v) is 4.74. The summed E-state index contributed by atoms with van der Waals surface area (Å²) < 4.78 is 5.72. The van der Waals surface area contributed by atoms with Gasteiger partial charge in [-0.3, -0.25) is 14.6 Å². The molecule has 0 unspecified atom stereocenters. The first-order valence-corrected chi connectivity index (χ1v) is 9.53. The highest BCUT2D eigenvalue weighted by molar-refractivity contribution is 6.20. The van der Waals surface area contributed by atoms with Crippen molar-refractivity contribution in [3.05, 3.63) is 59.4 Å². The molecule has 1 aromatic carbocycles. The van der Waals surface area contributed by atoms with Crippen LogP contribution in [0.1, 0.15) is 39.1 Å². The van der Waals surface area contributed by atoms with Crippen LogP contribution in [0, 0.1) is 5.92 Å². The van der Waals surface area contributed by atoms with Gasteiger partial charge in [0.25, 0.3) is 11.8 Å².